The van der Waals surface area contributed by atoms with Gasteiger partial charge in [-0.2, -0.15) is 0 Å². The fourth-order valence-electron chi connectivity index (χ4n) is 1.49. The largest absolute Gasteiger partial charge is 0.388 e. The van der Waals surface area contributed by atoms with Crippen LogP contribution in [0.5, 0.6) is 0 Å². The van der Waals surface area contributed by atoms with E-state index in [-0.39, 0.29) is 5.91 Å². The number of thiophene rings is 1. The van der Waals surface area contributed by atoms with E-state index in [1.807, 2.05) is 43.6 Å². The van der Waals surface area contributed by atoms with Crippen molar-refractivity contribution in [3.63, 3.8) is 0 Å². The molecule has 0 bridgehead atoms. The number of benzene rings is 1. The van der Waals surface area contributed by atoms with Gasteiger partial charge in [-0.3, -0.25) is 4.79 Å². The van der Waals surface area contributed by atoms with E-state index in [1.165, 1.54) is 11.3 Å². The Morgan fingerprint density at radius 2 is 2.12 bits per heavy atom. The average molecular weight is 246 g/mol. The van der Waals surface area contributed by atoms with Gasteiger partial charge in [-0.05, 0) is 42.1 Å². The van der Waals surface area contributed by atoms with Crippen molar-refractivity contribution in [2.45, 2.75) is 6.92 Å². The maximum Gasteiger partial charge on any atom is 0.256 e. The van der Waals surface area contributed by atoms with Crippen LogP contribution < -0.4 is 10.6 Å². The van der Waals surface area contributed by atoms with Crippen LogP contribution in [0.3, 0.4) is 0 Å². The number of rotatable bonds is 3. The molecule has 1 aromatic carbocycles. The van der Waals surface area contributed by atoms with Gasteiger partial charge in [0.05, 0.1) is 5.00 Å². The Labute approximate surface area is 104 Å². The Morgan fingerprint density at radius 1 is 1.29 bits per heavy atom. The summed E-state index contributed by atoms with van der Waals surface area (Å²) in [7, 11) is 1.83. The van der Waals surface area contributed by atoms with Crippen LogP contribution in [0.15, 0.2) is 35.7 Å². The zero-order valence-electron chi connectivity index (χ0n) is 9.78. The third kappa shape index (κ3) is 2.65. The van der Waals surface area contributed by atoms with Gasteiger partial charge < -0.3 is 10.6 Å². The molecule has 2 aromatic rings. The fraction of sp³-hybridized carbons (Fsp3) is 0.154. The minimum Gasteiger partial charge on any atom is -0.388 e. The Hall–Kier alpha value is -1.81. The lowest BCUT2D eigenvalue weighted by atomic mass is 10.2. The first-order chi connectivity index (χ1) is 8.20. The number of hydrogen-bond donors (Lipinski definition) is 2. The standard InChI is InChI=1S/C13H14N2OS/c1-9-6-7-17-13(9)15-12(16)10-4-3-5-11(8-10)14-2/h3-8,14H,1-2H3,(H,15,16). The molecule has 0 atom stereocenters. The lowest BCUT2D eigenvalue weighted by Crippen LogP contribution is -2.11. The monoisotopic (exact) mass is 246 g/mol. The average Bonchev–Trinajstić information content (AvgIpc) is 2.75. The second-order valence-corrected chi connectivity index (χ2v) is 4.63. The summed E-state index contributed by atoms with van der Waals surface area (Å²) in [6, 6.07) is 9.41. The number of carbonyl (C=O) groups is 1. The Morgan fingerprint density at radius 3 is 2.76 bits per heavy atom. The fourth-order valence-corrected chi connectivity index (χ4v) is 2.31. The van der Waals surface area contributed by atoms with Crippen LogP contribution in [0.4, 0.5) is 10.7 Å². The molecular weight excluding hydrogens is 232 g/mol. The highest BCUT2D eigenvalue weighted by molar-refractivity contribution is 7.14. The lowest BCUT2D eigenvalue weighted by molar-refractivity contribution is 0.102. The molecule has 0 saturated heterocycles. The summed E-state index contributed by atoms with van der Waals surface area (Å²) in [5.41, 5.74) is 2.68. The molecule has 1 heterocycles. The molecule has 2 rings (SSSR count). The molecule has 4 heteroatoms. The van der Waals surface area contributed by atoms with Crippen LogP contribution in [-0.2, 0) is 0 Å². The summed E-state index contributed by atoms with van der Waals surface area (Å²) < 4.78 is 0. The van der Waals surface area contributed by atoms with E-state index in [0.717, 1.165) is 16.3 Å². The van der Waals surface area contributed by atoms with Crippen molar-refractivity contribution < 1.29 is 4.79 Å². The van der Waals surface area contributed by atoms with Crippen LogP contribution in [-0.4, -0.2) is 13.0 Å². The molecular formula is C13H14N2OS. The van der Waals surface area contributed by atoms with E-state index < -0.39 is 0 Å². The number of carbonyl (C=O) groups excluding carboxylic acids is 1. The topological polar surface area (TPSA) is 41.1 Å². The lowest BCUT2D eigenvalue weighted by Gasteiger charge is -2.06. The Bertz CT molecular complexity index is 534. The predicted molar refractivity (Wildman–Crippen MR) is 73.0 cm³/mol. The molecule has 3 nitrogen and oxygen atoms in total. The van der Waals surface area contributed by atoms with E-state index in [4.69, 9.17) is 0 Å². The van der Waals surface area contributed by atoms with Crippen molar-refractivity contribution >= 4 is 27.9 Å². The first-order valence-electron chi connectivity index (χ1n) is 5.34. The second-order valence-electron chi connectivity index (χ2n) is 3.72. The highest BCUT2D eigenvalue weighted by Crippen LogP contribution is 2.22. The maximum atomic E-state index is 12.0. The maximum absolute atomic E-state index is 12.0. The van der Waals surface area contributed by atoms with Crippen molar-refractivity contribution in [1.82, 2.24) is 0 Å². The summed E-state index contributed by atoms with van der Waals surface area (Å²) in [5, 5.41) is 8.80. The smallest absolute Gasteiger partial charge is 0.256 e. The van der Waals surface area contributed by atoms with Gasteiger partial charge in [0.25, 0.3) is 5.91 Å². The first-order valence-corrected chi connectivity index (χ1v) is 6.22. The van der Waals surface area contributed by atoms with Crippen molar-refractivity contribution in [1.29, 1.82) is 0 Å². The van der Waals surface area contributed by atoms with Crippen LogP contribution in [0.1, 0.15) is 15.9 Å². The first kappa shape index (κ1) is 11.7. The van der Waals surface area contributed by atoms with Crippen molar-refractivity contribution in [2.24, 2.45) is 0 Å². The summed E-state index contributed by atoms with van der Waals surface area (Å²) in [6.07, 6.45) is 0. The van der Waals surface area contributed by atoms with E-state index in [0.29, 0.717) is 5.56 Å². The molecule has 0 radical (unpaired) electrons. The highest BCUT2D eigenvalue weighted by Gasteiger charge is 2.08. The van der Waals surface area contributed by atoms with E-state index in [1.54, 1.807) is 6.07 Å². The summed E-state index contributed by atoms with van der Waals surface area (Å²) in [5.74, 6) is -0.0763. The summed E-state index contributed by atoms with van der Waals surface area (Å²) >= 11 is 1.53. The van der Waals surface area contributed by atoms with Crippen LogP contribution in [0.25, 0.3) is 0 Å². The number of anilines is 2. The van der Waals surface area contributed by atoms with Crippen molar-refractivity contribution in [3.05, 3.63) is 46.8 Å². The van der Waals surface area contributed by atoms with Gasteiger partial charge in [0.1, 0.15) is 0 Å². The Balaban J connectivity index is 2.17. The molecule has 0 aliphatic carbocycles. The minimum atomic E-state index is -0.0763. The molecule has 0 saturated carbocycles. The van der Waals surface area contributed by atoms with Crippen LogP contribution in [0, 0.1) is 6.92 Å². The molecule has 0 aliphatic rings. The minimum absolute atomic E-state index is 0.0763. The highest BCUT2D eigenvalue weighted by atomic mass is 32.1. The van der Waals surface area contributed by atoms with Crippen LogP contribution in [0.2, 0.25) is 0 Å². The van der Waals surface area contributed by atoms with E-state index in [2.05, 4.69) is 10.6 Å². The zero-order chi connectivity index (χ0) is 12.3. The van der Waals surface area contributed by atoms with Gasteiger partial charge in [-0.25, -0.2) is 0 Å². The third-order valence-electron chi connectivity index (χ3n) is 2.50. The van der Waals surface area contributed by atoms with Crippen molar-refractivity contribution in [3.8, 4) is 0 Å². The van der Waals surface area contributed by atoms with Gasteiger partial charge in [0.2, 0.25) is 0 Å². The van der Waals surface area contributed by atoms with Crippen molar-refractivity contribution in [2.75, 3.05) is 17.7 Å². The van der Waals surface area contributed by atoms with Gasteiger partial charge in [-0.15, -0.1) is 11.3 Å². The number of amides is 1. The molecule has 88 valence electrons. The zero-order valence-corrected chi connectivity index (χ0v) is 10.6. The SMILES string of the molecule is CNc1cccc(C(=O)Nc2sccc2C)c1. The molecule has 17 heavy (non-hydrogen) atoms. The number of aryl methyl sites for hydroxylation is 1. The van der Waals surface area contributed by atoms with Gasteiger partial charge in [0.15, 0.2) is 0 Å². The van der Waals surface area contributed by atoms with E-state index >= 15 is 0 Å². The Kier molecular flexibility index (Phi) is 3.44. The molecule has 0 aliphatic heterocycles. The molecule has 0 fully saturated rings. The molecule has 1 aromatic heterocycles. The van der Waals surface area contributed by atoms with Crippen LogP contribution >= 0.6 is 11.3 Å². The second kappa shape index (κ2) is 5.01. The molecule has 2 N–H and O–H groups in total. The quantitative estimate of drug-likeness (QED) is 0.872. The molecule has 1 amide bonds. The third-order valence-corrected chi connectivity index (χ3v) is 3.43. The van der Waals surface area contributed by atoms with Gasteiger partial charge >= 0.3 is 0 Å². The normalized spacial score (nSPS) is 10.0. The molecule has 0 spiro atoms. The summed E-state index contributed by atoms with van der Waals surface area (Å²) in [4.78, 5) is 12.0. The number of hydrogen-bond acceptors (Lipinski definition) is 3. The number of nitrogens with one attached hydrogen (secondary N) is 2. The van der Waals surface area contributed by atoms with E-state index in [9.17, 15) is 4.79 Å². The van der Waals surface area contributed by atoms with Gasteiger partial charge in [-0.1, -0.05) is 6.07 Å². The van der Waals surface area contributed by atoms with Gasteiger partial charge in [0, 0.05) is 18.3 Å². The summed E-state index contributed by atoms with van der Waals surface area (Å²) in [6.45, 7) is 1.98. The predicted octanol–water partition coefficient (Wildman–Crippen LogP) is 3.35. The molecule has 0 unspecified atom stereocenters.